The summed E-state index contributed by atoms with van der Waals surface area (Å²) < 4.78 is 41.3. The van der Waals surface area contributed by atoms with Crippen molar-refractivity contribution in [2.24, 2.45) is 0 Å². The van der Waals surface area contributed by atoms with Crippen LogP contribution >= 0.6 is 11.8 Å². The molecule has 0 radical (unpaired) electrons. The first-order valence-corrected chi connectivity index (χ1v) is 15.2. The van der Waals surface area contributed by atoms with E-state index in [1.807, 2.05) is 10.8 Å². The van der Waals surface area contributed by atoms with Crippen LogP contribution in [0.25, 0.3) is 11.1 Å². The third-order valence-corrected chi connectivity index (χ3v) is 7.10. The normalized spacial score (nSPS) is 12.8. The van der Waals surface area contributed by atoms with Gasteiger partial charge in [-0.25, -0.2) is 18.6 Å². The molecule has 2 unspecified atom stereocenters. The number of ether oxygens (including phenoxy) is 2. The van der Waals surface area contributed by atoms with Crippen LogP contribution in [0, 0.1) is 11.6 Å². The molecule has 43 heavy (non-hydrogen) atoms. The van der Waals surface area contributed by atoms with Gasteiger partial charge in [-0.05, 0) is 98.4 Å². The summed E-state index contributed by atoms with van der Waals surface area (Å²) in [6.45, 7) is 5.72. The molecule has 2 atom stereocenters. The molecule has 1 N–H and O–H groups in total. The van der Waals surface area contributed by atoms with E-state index in [0.29, 0.717) is 35.6 Å². The molecule has 0 spiro atoms. The highest BCUT2D eigenvalue weighted by molar-refractivity contribution is 7.98. The van der Waals surface area contributed by atoms with Crippen LogP contribution in [-0.4, -0.2) is 45.1 Å². The van der Waals surface area contributed by atoms with Crippen LogP contribution in [0.1, 0.15) is 49.2 Å². The predicted octanol–water partition coefficient (Wildman–Crippen LogP) is 6.84. The smallest absolute Gasteiger partial charge is 0.329 e. The highest BCUT2D eigenvalue weighted by Gasteiger charge is 2.28. The van der Waals surface area contributed by atoms with Crippen LogP contribution in [0.4, 0.5) is 8.78 Å². The molecule has 1 aromatic heterocycles. The van der Waals surface area contributed by atoms with Gasteiger partial charge in [0.1, 0.15) is 35.1 Å². The summed E-state index contributed by atoms with van der Waals surface area (Å²) in [5, 5.41) is 2.85. The zero-order valence-corrected chi connectivity index (χ0v) is 25.4. The number of imidazole rings is 1. The number of benzene rings is 3. The molecule has 3 aromatic carbocycles. The zero-order chi connectivity index (χ0) is 31.0. The minimum Gasteiger partial charge on any atom is -0.484 e. The summed E-state index contributed by atoms with van der Waals surface area (Å²) in [6.07, 6.45) is 6.92. The number of amides is 1. The Labute approximate surface area is 254 Å². The summed E-state index contributed by atoms with van der Waals surface area (Å²) >= 11 is 1.56. The Morgan fingerprint density at radius 3 is 2.28 bits per heavy atom. The molecular weight excluding hydrogens is 572 g/mol. The Morgan fingerprint density at radius 2 is 1.67 bits per heavy atom. The van der Waals surface area contributed by atoms with Crippen molar-refractivity contribution in [3.63, 3.8) is 0 Å². The summed E-state index contributed by atoms with van der Waals surface area (Å²) in [5.41, 5.74) is 1.39. The summed E-state index contributed by atoms with van der Waals surface area (Å²) in [6, 6.07) is 16.0. The lowest BCUT2D eigenvalue weighted by molar-refractivity contribution is -0.157. The van der Waals surface area contributed by atoms with Crippen LogP contribution in [0.15, 0.2) is 85.5 Å². The maximum absolute atomic E-state index is 13.8. The van der Waals surface area contributed by atoms with Crippen molar-refractivity contribution < 1.29 is 27.8 Å². The maximum Gasteiger partial charge on any atom is 0.329 e. The first kappa shape index (κ1) is 31.7. The molecule has 10 heteroatoms. The van der Waals surface area contributed by atoms with E-state index < -0.39 is 35.4 Å². The molecule has 7 nitrogen and oxygen atoms in total. The minimum atomic E-state index is -0.853. The van der Waals surface area contributed by atoms with Gasteiger partial charge >= 0.3 is 5.97 Å². The Bertz CT molecular complexity index is 1500. The van der Waals surface area contributed by atoms with E-state index in [9.17, 15) is 18.4 Å². The molecule has 4 rings (SSSR count). The largest absolute Gasteiger partial charge is 0.484 e. The summed E-state index contributed by atoms with van der Waals surface area (Å²) in [4.78, 5) is 30.7. The van der Waals surface area contributed by atoms with Gasteiger partial charge in [-0.2, -0.15) is 11.8 Å². The number of aromatic nitrogens is 2. The van der Waals surface area contributed by atoms with Crippen LogP contribution in [0.3, 0.4) is 0 Å². The highest BCUT2D eigenvalue weighted by atomic mass is 32.2. The second-order valence-corrected chi connectivity index (χ2v) is 12.0. The van der Waals surface area contributed by atoms with Gasteiger partial charge in [0.05, 0.1) is 12.9 Å². The average Bonchev–Trinajstić information content (AvgIpc) is 3.48. The first-order valence-electron chi connectivity index (χ1n) is 13.8. The van der Waals surface area contributed by atoms with Crippen molar-refractivity contribution in [3.8, 4) is 16.9 Å². The van der Waals surface area contributed by atoms with E-state index in [-0.39, 0.29) is 11.4 Å². The maximum atomic E-state index is 13.8. The predicted molar refractivity (Wildman–Crippen MR) is 164 cm³/mol. The van der Waals surface area contributed by atoms with Crippen LogP contribution in [0.5, 0.6) is 5.75 Å². The third kappa shape index (κ3) is 9.15. The second-order valence-electron chi connectivity index (χ2n) is 11.0. The van der Waals surface area contributed by atoms with E-state index in [1.54, 1.807) is 93.7 Å². The first-order chi connectivity index (χ1) is 20.5. The molecule has 0 bridgehead atoms. The van der Waals surface area contributed by atoms with Crippen LogP contribution < -0.4 is 10.1 Å². The molecule has 0 aliphatic heterocycles. The van der Waals surface area contributed by atoms with Gasteiger partial charge in [-0.1, -0.05) is 24.3 Å². The summed E-state index contributed by atoms with van der Waals surface area (Å²) in [5.74, 6) is -0.682. The fraction of sp³-hybridized carbons (Fsp3) is 0.303. The number of esters is 1. The molecular formula is C33H35F2N3O4S. The van der Waals surface area contributed by atoms with E-state index in [2.05, 4.69) is 10.3 Å². The second kappa shape index (κ2) is 14.3. The zero-order valence-electron chi connectivity index (χ0n) is 24.6. The van der Waals surface area contributed by atoms with Crippen molar-refractivity contribution in [1.29, 1.82) is 0 Å². The van der Waals surface area contributed by atoms with E-state index in [4.69, 9.17) is 9.47 Å². The van der Waals surface area contributed by atoms with Gasteiger partial charge in [0.25, 0.3) is 5.91 Å². The SMILES string of the molecule is CSCCC(NC(=O)c1ccc(OC(Cn2ccnc2)c2ccc(F)cc2)cc1-c1ccc(F)cc1)C(=O)OC(C)(C)C. The summed E-state index contributed by atoms with van der Waals surface area (Å²) in [7, 11) is 0. The van der Waals surface area contributed by atoms with Crippen molar-refractivity contribution in [1.82, 2.24) is 14.9 Å². The van der Waals surface area contributed by atoms with E-state index in [1.165, 1.54) is 24.3 Å². The molecule has 1 amide bonds. The number of hydrogen-bond donors (Lipinski definition) is 1. The van der Waals surface area contributed by atoms with Crippen LogP contribution in [0.2, 0.25) is 0 Å². The van der Waals surface area contributed by atoms with Crippen LogP contribution in [-0.2, 0) is 16.1 Å². The van der Waals surface area contributed by atoms with Gasteiger partial charge in [0.2, 0.25) is 0 Å². The Morgan fingerprint density at radius 1 is 1.00 bits per heavy atom. The number of nitrogens with zero attached hydrogens (tertiary/aromatic N) is 2. The fourth-order valence-electron chi connectivity index (χ4n) is 4.40. The lowest BCUT2D eigenvalue weighted by atomic mass is 9.98. The third-order valence-electron chi connectivity index (χ3n) is 6.45. The topological polar surface area (TPSA) is 82.5 Å². The lowest BCUT2D eigenvalue weighted by Gasteiger charge is -2.25. The van der Waals surface area contributed by atoms with Gasteiger partial charge < -0.3 is 19.4 Å². The van der Waals surface area contributed by atoms with Gasteiger partial charge in [0.15, 0.2) is 0 Å². The van der Waals surface area contributed by atoms with Crippen molar-refractivity contribution in [3.05, 3.63) is 108 Å². The van der Waals surface area contributed by atoms with Gasteiger partial charge in [0, 0.05) is 18.0 Å². The Hall–Kier alpha value is -4.18. The van der Waals surface area contributed by atoms with Gasteiger partial charge in [-0.15, -0.1) is 0 Å². The standard InChI is InChI=1S/C33H35F2N3O4S/c1-33(2,3)42-32(40)29(15-18-43-4)37-31(39)27-14-13-26(19-28(27)22-5-9-24(34)10-6-22)41-30(20-38-17-16-36-21-38)23-7-11-25(35)12-8-23/h5-14,16-17,19,21,29-30H,15,18,20H2,1-4H3,(H,37,39). The number of thioether (sulfide) groups is 1. The molecule has 0 saturated heterocycles. The molecule has 4 aromatic rings. The van der Waals surface area contributed by atoms with Crippen molar-refractivity contribution >= 4 is 23.6 Å². The highest BCUT2D eigenvalue weighted by Crippen LogP contribution is 2.32. The number of nitrogens with one attached hydrogen (secondary N) is 1. The molecule has 0 aliphatic rings. The number of rotatable bonds is 12. The Balaban J connectivity index is 1.68. The molecule has 1 heterocycles. The van der Waals surface area contributed by atoms with Gasteiger partial charge in [-0.3, -0.25) is 4.79 Å². The van der Waals surface area contributed by atoms with E-state index in [0.717, 1.165) is 5.56 Å². The van der Waals surface area contributed by atoms with Crippen molar-refractivity contribution in [2.45, 2.75) is 51.5 Å². The monoisotopic (exact) mass is 607 g/mol. The quantitative estimate of drug-likeness (QED) is 0.178. The number of carbonyl (C=O) groups is 2. The minimum absolute atomic E-state index is 0.282. The van der Waals surface area contributed by atoms with E-state index >= 15 is 0 Å². The molecule has 0 saturated carbocycles. The fourth-order valence-corrected chi connectivity index (χ4v) is 4.87. The average molecular weight is 608 g/mol. The Kier molecular flexibility index (Phi) is 10.6. The lowest BCUT2D eigenvalue weighted by Crippen LogP contribution is -2.44. The molecule has 0 fully saturated rings. The van der Waals surface area contributed by atoms with Crippen molar-refractivity contribution in [2.75, 3.05) is 12.0 Å². The molecule has 226 valence electrons. The number of halogens is 2. The molecule has 0 aliphatic carbocycles. The number of carbonyl (C=O) groups excluding carboxylic acids is 2. The number of hydrogen-bond acceptors (Lipinski definition) is 6.